The zero-order chi connectivity index (χ0) is 9.52. The summed E-state index contributed by atoms with van der Waals surface area (Å²) in [6.07, 6.45) is 0.792. The summed E-state index contributed by atoms with van der Waals surface area (Å²) >= 11 is 0. The number of halogens is 1. The van der Waals surface area contributed by atoms with Crippen LogP contribution in [0.3, 0.4) is 0 Å². The van der Waals surface area contributed by atoms with E-state index in [1.807, 2.05) is 6.92 Å². The smallest absolute Gasteiger partial charge is 0.165 e. The van der Waals surface area contributed by atoms with E-state index >= 15 is 0 Å². The van der Waals surface area contributed by atoms with Crippen molar-refractivity contribution in [3.05, 3.63) is 30.1 Å². The molecule has 68 valence electrons. The number of benzene rings is 1. The lowest BCUT2D eigenvalue weighted by molar-refractivity contribution is 0.348. The first-order chi connectivity index (χ1) is 6.34. The third kappa shape index (κ3) is 3.16. The standard InChI is InChI=1S/C11H11FO/c1-2-3-6-9-13-11-8-5-4-7-10(11)12/h4-5,7-8H,2,9H2,1H3. The summed E-state index contributed by atoms with van der Waals surface area (Å²) in [6.45, 7) is 2.20. The molecule has 0 spiro atoms. The van der Waals surface area contributed by atoms with E-state index in [0.717, 1.165) is 6.42 Å². The summed E-state index contributed by atoms with van der Waals surface area (Å²) in [5.74, 6) is 5.52. The second-order valence-electron chi connectivity index (χ2n) is 2.43. The number of rotatable bonds is 2. The van der Waals surface area contributed by atoms with Crippen LogP contribution in [0.15, 0.2) is 24.3 Å². The van der Waals surface area contributed by atoms with Crippen LogP contribution in [0.4, 0.5) is 4.39 Å². The van der Waals surface area contributed by atoms with Crippen LogP contribution in [0.2, 0.25) is 0 Å². The van der Waals surface area contributed by atoms with E-state index in [4.69, 9.17) is 4.74 Å². The van der Waals surface area contributed by atoms with E-state index in [1.165, 1.54) is 6.07 Å². The van der Waals surface area contributed by atoms with E-state index in [9.17, 15) is 4.39 Å². The van der Waals surface area contributed by atoms with Gasteiger partial charge in [0.05, 0.1) is 0 Å². The Morgan fingerprint density at radius 3 is 2.77 bits per heavy atom. The second-order valence-corrected chi connectivity index (χ2v) is 2.43. The van der Waals surface area contributed by atoms with Gasteiger partial charge < -0.3 is 4.74 Å². The van der Waals surface area contributed by atoms with Crippen molar-refractivity contribution < 1.29 is 9.13 Å². The minimum Gasteiger partial charge on any atom is -0.478 e. The van der Waals surface area contributed by atoms with Crippen LogP contribution in [-0.2, 0) is 0 Å². The third-order valence-corrected chi connectivity index (χ3v) is 1.44. The predicted octanol–water partition coefficient (Wildman–Crippen LogP) is 2.62. The Balaban J connectivity index is 2.50. The van der Waals surface area contributed by atoms with E-state index in [0.29, 0.717) is 0 Å². The first-order valence-electron chi connectivity index (χ1n) is 4.17. The zero-order valence-electron chi connectivity index (χ0n) is 7.51. The number of para-hydroxylation sites is 1. The molecular formula is C11H11FO. The molecule has 0 saturated carbocycles. The Morgan fingerprint density at radius 1 is 1.31 bits per heavy atom. The molecule has 0 amide bonds. The maximum absolute atomic E-state index is 12.9. The van der Waals surface area contributed by atoms with Gasteiger partial charge in [0.25, 0.3) is 0 Å². The average molecular weight is 178 g/mol. The summed E-state index contributed by atoms with van der Waals surface area (Å²) < 4.78 is 18.0. The lowest BCUT2D eigenvalue weighted by Crippen LogP contribution is -1.95. The Morgan fingerprint density at radius 2 is 2.08 bits per heavy atom. The molecule has 1 aromatic rings. The topological polar surface area (TPSA) is 9.23 Å². The van der Waals surface area contributed by atoms with Crippen molar-refractivity contribution in [3.8, 4) is 17.6 Å². The van der Waals surface area contributed by atoms with Crippen LogP contribution in [-0.4, -0.2) is 6.61 Å². The molecule has 0 bridgehead atoms. The van der Waals surface area contributed by atoms with Crippen molar-refractivity contribution >= 4 is 0 Å². The van der Waals surface area contributed by atoms with E-state index < -0.39 is 0 Å². The summed E-state index contributed by atoms with van der Waals surface area (Å²) in [4.78, 5) is 0. The molecule has 0 unspecified atom stereocenters. The van der Waals surface area contributed by atoms with E-state index in [2.05, 4.69) is 11.8 Å². The van der Waals surface area contributed by atoms with Crippen molar-refractivity contribution in [2.24, 2.45) is 0 Å². The van der Waals surface area contributed by atoms with Gasteiger partial charge in [0, 0.05) is 6.42 Å². The van der Waals surface area contributed by atoms with Crippen molar-refractivity contribution in [1.29, 1.82) is 0 Å². The molecule has 0 fully saturated rings. The van der Waals surface area contributed by atoms with Crippen LogP contribution in [0.1, 0.15) is 13.3 Å². The summed E-state index contributed by atoms with van der Waals surface area (Å²) in [7, 11) is 0. The van der Waals surface area contributed by atoms with Crippen molar-refractivity contribution in [2.75, 3.05) is 6.61 Å². The van der Waals surface area contributed by atoms with Gasteiger partial charge in [-0.15, -0.1) is 5.92 Å². The van der Waals surface area contributed by atoms with Crippen molar-refractivity contribution in [3.63, 3.8) is 0 Å². The van der Waals surface area contributed by atoms with Crippen molar-refractivity contribution in [2.45, 2.75) is 13.3 Å². The molecule has 1 aromatic carbocycles. The Labute approximate surface area is 77.5 Å². The molecule has 0 aliphatic heterocycles. The van der Waals surface area contributed by atoms with Gasteiger partial charge in [-0.2, -0.15) is 0 Å². The number of ether oxygens (including phenoxy) is 1. The normalized spacial score (nSPS) is 8.77. The lowest BCUT2D eigenvalue weighted by atomic mass is 10.3. The summed E-state index contributed by atoms with van der Waals surface area (Å²) in [5.41, 5.74) is 0. The fourth-order valence-electron chi connectivity index (χ4n) is 0.852. The molecule has 0 heterocycles. The number of hydrogen-bond acceptors (Lipinski definition) is 1. The molecule has 13 heavy (non-hydrogen) atoms. The quantitative estimate of drug-likeness (QED) is 0.632. The lowest BCUT2D eigenvalue weighted by Gasteiger charge is -2.01. The molecule has 0 N–H and O–H groups in total. The molecule has 2 heteroatoms. The fraction of sp³-hybridized carbons (Fsp3) is 0.273. The van der Waals surface area contributed by atoms with Crippen molar-refractivity contribution in [1.82, 2.24) is 0 Å². The van der Waals surface area contributed by atoms with Gasteiger partial charge in [-0.05, 0) is 12.1 Å². The molecule has 0 aliphatic carbocycles. The first kappa shape index (κ1) is 9.60. The minimum absolute atomic E-state index is 0.245. The maximum Gasteiger partial charge on any atom is 0.165 e. The Hall–Kier alpha value is -1.49. The van der Waals surface area contributed by atoms with Gasteiger partial charge in [0.15, 0.2) is 11.6 Å². The van der Waals surface area contributed by atoms with E-state index in [1.54, 1.807) is 18.2 Å². The monoisotopic (exact) mass is 178 g/mol. The van der Waals surface area contributed by atoms with E-state index in [-0.39, 0.29) is 18.2 Å². The Bertz CT molecular complexity index is 322. The molecule has 0 atom stereocenters. The largest absolute Gasteiger partial charge is 0.478 e. The van der Waals surface area contributed by atoms with Crippen LogP contribution in [0, 0.1) is 17.7 Å². The molecule has 0 aromatic heterocycles. The van der Waals surface area contributed by atoms with Gasteiger partial charge in [-0.25, -0.2) is 4.39 Å². The highest BCUT2D eigenvalue weighted by Crippen LogP contribution is 2.14. The van der Waals surface area contributed by atoms with Crippen LogP contribution < -0.4 is 4.74 Å². The molecule has 1 nitrogen and oxygen atoms in total. The Kier molecular flexibility index (Phi) is 3.84. The summed E-state index contributed by atoms with van der Waals surface area (Å²) in [5, 5.41) is 0. The maximum atomic E-state index is 12.9. The first-order valence-corrected chi connectivity index (χ1v) is 4.17. The molecule has 0 radical (unpaired) electrons. The SMILES string of the molecule is CCC#CCOc1ccccc1F. The molecule has 0 saturated heterocycles. The van der Waals surface area contributed by atoms with Gasteiger partial charge in [0.1, 0.15) is 6.61 Å². The number of hydrogen-bond donors (Lipinski definition) is 0. The van der Waals surface area contributed by atoms with Crippen LogP contribution in [0.25, 0.3) is 0 Å². The minimum atomic E-state index is -0.346. The van der Waals surface area contributed by atoms with Crippen LogP contribution >= 0.6 is 0 Å². The highest BCUT2D eigenvalue weighted by molar-refractivity contribution is 5.24. The second kappa shape index (κ2) is 5.21. The summed E-state index contributed by atoms with van der Waals surface area (Å²) in [6, 6.07) is 6.30. The zero-order valence-corrected chi connectivity index (χ0v) is 7.51. The van der Waals surface area contributed by atoms with Crippen LogP contribution in [0.5, 0.6) is 5.75 Å². The fourth-order valence-corrected chi connectivity index (χ4v) is 0.852. The predicted molar refractivity (Wildman–Crippen MR) is 50.0 cm³/mol. The average Bonchev–Trinajstić information content (AvgIpc) is 2.15. The molecule has 1 rings (SSSR count). The van der Waals surface area contributed by atoms with Gasteiger partial charge >= 0.3 is 0 Å². The van der Waals surface area contributed by atoms with Gasteiger partial charge in [-0.3, -0.25) is 0 Å². The third-order valence-electron chi connectivity index (χ3n) is 1.44. The van der Waals surface area contributed by atoms with Gasteiger partial charge in [0.2, 0.25) is 0 Å². The highest BCUT2D eigenvalue weighted by Gasteiger charge is 1.98. The van der Waals surface area contributed by atoms with Gasteiger partial charge in [-0.1, -0.05) is 25.0 Å². The molecular weight excluding hydrogens is 167 g/mol. The highest BCUT2D eigenvalue weighted by atomic mass is 19.1. The molecule has 0 aliphatic rings.